The normalized spacial score (nSPS) is 38.4. The van der Waals surface area contributed by atoms with Crippen molar-refractivity contribution in [2.24, 2.45) is 29.6 Å². The van der Waals surface area contributed by atoms with E-state index in [1.54, 1.807) is 0 Å². The van der Waals surface area contributed by atoms with E-state index in [1.165, 1.54) is 38.5 Å². The molecule has 2 fully saturated rings. The Kier molecular flexibility index (Phi) is 5.34. The van der Waals surface area contributed by atoms with Crippen LogP contribution in [0, 0.1) is 29.6 Å². The molecule has 0 aromatic carbocycles. The molecule has 0 spiro atoms. The van der Waals surface area contributed by atoms with Gasteiger partial charge >= 0.3 is 0 Å². The number of nitrogens with one attached hydrogen (secondary N) is 1. The molecule has 7 unspecified atom stereocenters. The maximum atomic E-state index is 3.87. The predicted octanol–water partition coefficient (Wildman–Crippen LogP) is 4.86. The molecule has 1 aliphatic heterocycles. The molecule has 1 heteroatoms. The van der Waals surface area contributed by atoms with Gasteiger partial charge < -0.3 is 5.32 Å². The Morgan fingerprint density at radius 2 is 1.84 bits per heavy atom. The molecule has 0 amide bonds. The van der Waals surface area contributed by atoms with Gasteiger partial charge in [-0.15, -0.1) is 0 Å². The molecular formula is C18H35N. The van der Waals surface area contributed by atoms with Gasteiger partial charge in [-0.25, -0.2) is 0 Å². The summed E-state index contributed by atoms with van der Waals surface area (Å²) in [7, 11) is 0. The lowest BCUT2D eigenvalue weighted by atomic mass is 9.71. The van der Waals surface area contributed by atoms with Crippen LogP contribution < -0.4 is 5.32 Å². The van der Waals surface area contributed by atoms with Gasteiger partial charge in [-0.2, -0.15) is 0 Å². The molecule has 19 heavy (non-hydrogen) atoms. The molecule has 0 aromatic heterocycles. The maximum absolute atomic E-state index is 3.87. The van der Waals surface area contributed by atoms with Crippen molar-refractivity contribution in [2.75, 3.05) is 0 Å². The highest BCUT2D eigenvalue weighted by atomic mass is 15.0. The van der Waals surface area contributed by atoms with E-state index in [0.717, 1.165) is 41.7 Å². The molecule has 2 rings (SSSR count). The summed E-state index contributed by atoms with van der Waals surface area (Å²) >= 11 is 0. The molecule has 0 bridgehead atoms. The zero-order valence-electron chi connectivity index (χ0n) is 13.8. The summed E-state index contributed by atoms with van der Waals surface area (Å²) < 4.78 is 0. The Balaban J connectivity index is 1.65. The monoisotopic (exact) mass is 265 g/mol. The van der Waals surface area contributed by atoms with E-state index < -0.39 is 0 Å². The van der Waals surface area contributed by atoms with E-state index in [9.17, 15) is 0 Å². The van der Waals surface area contributed by atoms with Crippen LogP contribution in [0.15, 0.2) is 0 Å². The molecule has 2 aliphatic rings. The van der Waals surface area contributed by atoms with Gasteiger partial charge in [0.2, 0.25) is 0 Å². The fourth-order valence-corrected chi connectivity index (χ4v) is 4.22. The summed E-state index contributed by atoms with van der Waals surface area (Å²) in [5.74, 6) is 4.69. The number of hydrogen-bond acceptors (Lipinski definition) is 1. The van der Waals surface area contributed by atoms with Crippen LogP contribution in [-0.2, 0) is 0 Å². The summed E-state index contributed by atoms with van der Waals surface area (Å²) in [6.07, 6.45) is 8.47. The third kappa shape index (κ3) is 3.74. The van der Waals surface area contributed by atoms with Gasteiger partial charge in [0.05, 0.1) is 0 Å². The third-order valence-electron chi connectivity index (χ3n) is 6.29. The van der Waals surface area contributed by atoms with Crippen molar-refractivity contribution in [3.63, 3.8) is 0 Å². The quantitative estimate of drug-likeness (QED) is 0.693. The second-order valence-electron chi connectivity index (χ2n) is 7.86. The summed E-state index contributed by atoms with van der Waals surface area (Å²) in [5.41, 5.74) is 0. The molecular weight excluding hydrogens is 230 g/mol. The smallest absolute Gasteiger partial charge is 0.0104 e. The van der Waals surface area contributed by atoms with Crippen molar-refractivity contribution in [2.45, 2.75) is 85.2 Å². The summed E-state index contributed by atoms with van der Waals surface area (Å²) in [5, 5.41) is 3.87. The molecule has 1 saturated carbocycles. The van der Waals surface area contributed by atoms with E-state index in [2.05, 4.69) is 39.9 Å². The van der Waals surface area contributed by atoms with Gasteiger partial charge in [-0.1, -0.05) is 41.0 Å². The highest BCUT2D eigenvalue weighted by molar-refractivity contribution is 5.01. The van der Waals surface area contributed by atoms with Crippen LogP contribution in [0.2, 0.25) is 0 Å². The largest absolute Gasteiger partial charge is 0.311 e. The van der Waals surface area contributed by atoms with Crippen LogP contribution in [0.4, 0.5) is 0 Å². The molecule has 7 atom stereocenters. The van der Waals surface area contributed by atoms with Crippen molar-refractivity contribution in [3.8, 4) is 0 Å². The van der Waals surface area contributed by atoms with E-state index in [-0.39, 0.29) is 0 Å². The van der Waals surface area contributed by atoms with Crippen LogP contribution >= 0.6 is 0 Å². The zero-order chi connectivity index (χ0) is 14.0. The first-order chi connectivity index (χ1) is 9.01. The number of rotatable bonds is 7. The first-order valence-corrected chi connectivity index (χ1v) is 8.77. The second kappa shape index (κ2) is 6.61. The van der Waals surface area contributed by atoms with Gasteiger partial charge in [0.25, 0.3) is 0 Å². The Bertz CT molecular complexity index is 275. The lowest BCUT2D eigenvalue weighted by molar-refractivity contribution is 0.169. The van der Waals surface area contributed by atoms with E-state index >= 15 is 0 Å². The van der Waals surface area contributed by atoms with Crippen molar-refractivity contribution in [1.82, 2.24) is 5.32 Å². The first-order valence-electron chi connectivity index (χ1n) is 8.77. The fraction of sp³-hybridized carbons (Fsp3) is 1.00. The number of fused-ring (bicyclic) bond motifs is 1. The third-order valence-corrected chi connectivity index (χ3v) is 6.29. The lowest BCUT2D eigenvalue weighted by Gasteiger charge is -2.37. The minimum atomic E-state index is 0.832. The Labute approximate surface area is 120 Å². The van der Waals surface area contributed by atoms with Gasteiger partial charge in [0.15, 0.2) is 0 Å². The van der Waals surface area contributed by atoms with E-state index in [4.69, 9.17) is 0 Å². The zero-order valence-corrected chi connectivity index (χ0v) is 13.8. The summed E-state index contributed by atoms with van der Waals surface area (Å²) in [4.78, 5) is 0. The summed E-state index contributed by atoms with van der Waals surface area (Å²) in [6, 6.07) is 1.71. The topological polar surface area (TPSA) is 12.0 Å². The van der Waals surface area contributed by atoms with Crippen LogP contribution in [0.3, 0.4) is 0 Å². The van der Waals surface area contributed by atoms with Gasteiger partial charge in [0.1, 0.15) is 0 Å². The van der Waals surface area contributed by atoms with E-state index in [0.29, 0.717) is 0 Å². The average Bonchev–Trinajstić information content (AvgIpc) is 2.72. The Morgan fingerprint density at radius 1 is 1.11 bits per heavy atom. The molecule has 1 aliphatic carbocycles. The highest BCUT2D eigenvalue weighted by Gasteiger charge is 2.44. The minimum Gasteiger partial charge on any atom is -0.311 e. The average molecular weight is 265 g/mol. The standard InChI is InChI=1S/C18H35N/c1-6-12(2)9-14(4)13(3)7-8-16-11-17-15(5)10-18(17)19-16/h12-19H,6-11H2,1-5H3. The molecule has 1 heterocycles. The minimum absolute atomic E-state index is 0.832. The second-order valence-corrected chi connectivity index (χ2v) is 7.86. The van der Waals surface area contributed by atoms with Crippen molar-refractivity contribution >= 4 is 0 Å². The molecule has 0 aromatic rings. The fourth-order valence-electron chi connectivity index (χ4n) is 4.22. The van der Waals surface area contributed by atoms with Crippen molar-refractivity contribution in [3.05, 3.63) is 0 Å². The SMILES string of the molecule is CCC(C)CC(C)C(C)CCC1CC2C(C)CC2N1. The molecule has 1 nitrogen and oxygen atoms in total. The van der Waals surface area contributed by atoms with Crippen LogP contribution in [-0.4, -0.2) is 12.1 Å². The Morgan fingerprint density at radius 3 is 2.42 bits per heavy atom. The highest BCUT2D eigenvalue weighted by Crippen LogP contribution is 2.43. The van der Waals surface area contributed by atoms with Crippen molar-refractivity contribution < 1.29 is 0 Å². The maximum Gasteiger partial charge on any atom is 0.0104 e. The van der Waals surface area contributed by atoms with Crippen LogP contribution in [0.5, 0.6) is 0 Å². The predicted molar refractivity (Wildman–Crippen MR) is 84.2 cm³/mol. The van der Waals surface area contributed by atoms with E-state index in [1.807, 2.05) is 0 Å². The number of hydrogen-bond donors (Lipinski definition) is 1. The van der Waals surface area contributed by atoms with Gasteiger partial charge in [-0.3, -0.25) is 0 Å². The van der Waals surface area contributed by atoms with Gasteiger partial charge in [-0.05, 0) is 61.7 Å². The molecule has 112 valence electrons. The Hall–Kier alpha value is -0.0400. The summed E-state index contributed by atoms with van der Waals surface area (Å²) in [6.45, 7) is 12.1. The van der Waals surface area contributed by atoms with Crippen LogP contribution in [0.25, 0.3) is 0 Å². The molecule has 1 N–H and O–H groups in total. The van der Waals surface area contributed by atoms with Gasteiger partial charge in [0, 0.05) is 12.1 Å². The molecule has 0 radical (unpaired) electrons. The van der Waals surface area contributed by atoms with Crippen LogP contribution in [0.1, 0.15) is 73.1 Å². The molecule has 1 saturated heterocycles. The lowest BCUT2D eigenvalue weighted by Crippen LogP contribution is -2.43. The first kappa shape index (κ1) is 15.4. The van der Waals surface area contributed by atoms with Crippen molar-refractivity contribution in [1.29, 1.82) is 0 Å².